The van der Waals surface area contributed by atoms with Crippen molar-refractivity contribution in [3.8, 4) is 11.6 Å². The van der Waals surface area contributed by atoms with Crippen molar-refractivity contribution >= 4 is 0 Å². The summed E-state index contributed by atoms with van der Waals surface area (Å²) in [7, 11) is 0. The third-order valence-electron chi connectivity index (χ3n) is 4.24. The topological polar surface area (TPSA) is 75.0 Å². The number of hydrogen-bond donors (Lipinski definition) is 1. The van der Waals surface area contributed by atoms with Gasteiger partial charge in [-0.1, -0.05) is 6.07 Å². The van der Waals surface area contributed by atoms with Crippen LogP contribution in [0.2, 0.25) is 0 Å². The van der Waals surface area contributed by atoms with Crippen LogP contribution in [0.15, 0.2) is 45.8 Å². The van der Waals surface area contributed by atoms with Crippen molar-refractivity contribution < 1.29 is 4.42 Å². The predicted octanol–water partition coefficient (Wildman–Crippen LogP) is 2.29. The van der Waals surface area contributed by atoms with E-state index in [4.69, 9.17) is 4.42 Å². The number of pyridine rings is 1. The Morgan fingerprint density at radius 2 is 2.17 bits per heavy atom. The molecule has 0 radical (unpaired) electrons. The summed E-state index contributed by atoms with van der Waals surface area (Å²) in [6.07, 6.45) is 2.27. The van der Waals surface area contributed by atoms with E-state index >= 15 is 0 Å². The fourth-order valence-corrected chi connectivity index (χ4v) is 3.08. The minimum Gasteiger partial charge on any atom is -0.461 e. The van der Waals surface area contributed by atoms with Gasteiger partial charge in [0.25, 0.3) is 5.56 Å². The van der Waals surface area contributed by atoms with Gasteiger partial charge in [-0.2, -0.15) is 0 Å². The molecule has 0 spiro atoms. The summed E-state index contributed by atoms with van der Waals surface area (Å²) in [5, 5.41) is 0. The van der Waals surface area contributed by atoms with Crippen LogP contribution in [0.1, 0.15) is 22.6 Å². The van der Waals surface area contributed by atoms with Crippen LogP contribution in [0.5, 0.6) is 0 Å². The predicted molar refractivity (Wildman–Crippen MR) is 89.4 cm³/mol. The molecular weight excluding hydrogens is 304 g/mol. The average molecular weight is 322 g/mol. The summed E-state index contributed by atoms with van der Waals surface area (Å²) in [5.74, 6) is 1.06. The van der Waals surface area contributed by atoms with Gasteiger partial charge in [0, 0.05) is 30.9 Å². The molecule has 4 rings (SSSR count). The van der Waals surface area contributed by atoms with Crippen LogP contribution < -0.4 is 5.56 Å². The van der Waals surface area contributed by atoms with E-state index in [1.807, 2.05) is 25.1 Å². The molecule has 0 aromatic carbocycles. The minimum absolute atomic E-state index is 0.0697. The second-order valence-electron chi connectivity index (χ2n) is 6.05. The second-order valence-corrected chi connectivity index (χ2v) is 6.05. The smallest absolute Gasteiger partial charge is 0.254 e. The highest BCUT2D eigenvalue weighted by Gasteiger charge is 2.22. The molecule has 1 aliphatic rings. The molecule has 24 heavy (non-hydrogen) atoms. The van der Waals surface area contributed by atoms with E-state index in [1.165, 1.54) is 0 Å². The first kappa shape index (κ1) is 14.8. The van der Waals surface area contributed by atoms with E-state index in [0.29, 0.717) is 24.6 Å². The van der Waals surface area contributed by atoms with Crippen molar-refractivity contribution in [3.63, 3.8) is 0 Å². The van der Waals surface area contributed by atoms with Gasteiger partial charge < -0.3 is 9.40 Å². The lowest BCUT2D eigenvalue weighted by atomic mass is 10.1. The van der Waals surface area contributed by atoms with Crippen LogP contribution in [-0.2, 0) is 19.5 Å². The third-order valence-corrected chi connectivity index (χ3v) is 4.24. The minimum atomic E-state index is -0.0697. The molecular formula is C18H18N4O2. The number of fused-ring (bicyclic) bond motifs is 1. The normalized spacial score (nSPS) is 14.5. The molecule has 1 N–H and O–H groups in total. The average Bonchev–Trinajstić information content (AvgIpc) is 3.09. The lowest BCUT2D eigenvalue weighted by Crippen LogP contribution is -2.35. The van der Waals surface area contributed by atoms with Gasteiger partial charge in [-0.15, -0.1) is 0 Å². The van der Waals surface area contributed by atoms with Crippen LogP contribution >= 0.6 is 0 Å². The van der Waals surface area contributed by atoms with Gasteiger partial charge in [-0.3, -0.25) is 14.7 Å². The molecule has 0 fully saturated rings. The number of nitrogens with one attached hydrogen (secondary N) is 1. The van der Waals surface area contributed by atoms with Crippen LogP contribution in [0.4, 0.5) is 0 Å². The first-order valence-electron chi connectivity index (χ1n) is 8.00. The highest BCUT2D eigenvalue weighted by molar-refractivity contribution is 5.46. The summed E-state index contributed by atoms with van der Waals surface area (Å²) < 4.78 is 5.34. The van der Waals surface area contributed by atoms with Crippen LogP contribution in [0.3, 0.4) is 0 Å². The van der Waals surface area contributed by atoms with Gasteiger partial charge in [0.15, 0.2) is 11.6 Å². The number of hydrogen-bond acceptors (Lipinski definition) is 5. The molecule has 0 atom stereocenters. The third kappa shape index (κ3) is 2.88. The van der Waals surface area contributed by atoms with Crippen LogP contribution in [0.25, 0.3) is 11.6 Å². The molecule has 4 heterocycles. The number of rotatable bonds is 3. The maximum atomic E-state index is 12.3. The molecule has 3 aromatic rings. The molecule has 0 unspecified atom stereocenters. The summed E-state index contributed by atoms with van der Waals surface area (Å²) >= 11 is 0. The lowest BCUT2D eigenvalue weighted by molar-refractivity contribution is 0.237. The number of H-pyrrole nitrogens is 1. The Morgan fingerprint density at radius 1 is 1.25 bits per heavy atom. The maximum absolute atomic E-state index is 12.3. The van der Waals surface area contributed by atoms with Gasteiger partial charge in [-0.05, 0) is 37.6 Å². The Kier molecular flexibility index (Phi) is 3.74. The van der Waals surface area contributed by atoms with Gasteiger partial charge in [0.1, 0.15) is 0 Å². The zero-order valence-electron chi connectivity index (χ0n) is 13.5. The fraction of sp³-hybridized carbons (Fsp3) is 0.278. The van der Waals surface area contributed by atoms with Crippen molar-refractivity contribution in [2.75, 3.05) is 6.54 Å². The molecule has 6 heteroatoms. The monoisotopic (exact) mass is 322 g/mol. The first-order valence-corrected chi connectivity index (χ1v) is 8.00. The number of aryl methyl sites for hydroxylation is 1. The standard InChI is InChI=1S/C18H18N4O2/c1-12-4-2-5-13(19-12)10-22-8-7-14-15(11-22)20-17(21-18(14)23)16-6-3-9-24-16/h2-6,9H,7-8,10-11H2,1H3,(H,20,21,23). The second kappa shape index (κ2) is 6.05. The van der Waals surface area contributed by atoms with E-state index in [2.05, 4.69) is 19.9 Å². The highest BCUT2D eigenvalue weighted by Crippen LogP contribution is 2.20. The summed E-state index contributed by atoms with van der Waals surface area (Å²) in [6.45, 7) is 4.22. The van der Waals surface area contributed by atoms with Crippen molar-refractivity contribution in [1.82, 2.24) is 19.9 Å². The molecule has 0 saturated carbocycles. The van der Waals surface area contributed by atoms with Crippen molar-refractivity contribution in [3.05, 3.63) is 69.6 Å². The van der Waals surface area contributed by atoms with E-state index < -0.39 is 0 Å². The molecule has 6 nitrogen and oxygen atoms in total. The largest absolute Gasteiger partial charge is 0.461 e. The molecule has 0 saturated heterocycles. The highest BCUT2D eigenvalue weighted by atomic mass is 16.3. The van der Waals surface area contributed by atoms with E-state index in [-0.39, 0.29) is 5.56 Å². The molecule has 122 valence electrons. The van der Waals surface area contributed by atoms with Crippen LogP contribution in [0, 0.1) is 6.92 Å². The molecule has 0 aliphatic carbocycles. The number of furan rings is 1. The van der Waals surface area contributed by atoms with E-state index in [0.717, 1.165) is 35.7 Å². The SMILES string of the molecule is Cc1cccc(CN2CCc3c(nc(-c4ccco4)[nH]c3=O)C2)n1. The van der Waals surface area contributed by atoms with E-state index in [9.17, 15) is 4.79 Å². The van der Waals surface area contributed by atoms with E-state index in [1.54, 1.807) is 18.4 Å². The summed E-state index contributed by atoms with van der Waals surface area (Å²) in [4.78, 5) is 26.6. The van der Waals surface area contributed by atoms with Crippen molar-refractivity contribution in [1.29, 1.82) is 0 Å². The number of nitrogens with zero attached hydrogens (tertiary/aromatic N) is 3. The quantitative estimate of drug-likeness (QED) is 0.801. The van der Waals surface area contributed by atoms with Gasteiger partial charge >= 0.3 is 0 Å². The molecule has 0 amide bonds. The van der Waals surface area contributed by atoms with Crippen molar-refractivity contribution in [2.45, 2.75) is 26.4 Å². The lowest BCUT2D eigenvalue weighted by Gasteiger charge is -2.27. The Labute approximate surface area is 139 Å². The number of aromatic amines is 1. The molecule has 1 aliphatic heterocycles. The summed E-state index contributed by atoms with van der Waals surface area (Å²) in [5.41, 5.74) is 3.58. The Bertz CT molecular complexity index is 915. The van der Waals surface area contributed by atoms with Crippen molar-refractivity contribution in [2.24, 2.45) is 0 Å². The first-order chi connectivity index (χ1) is 11.7. The van der Waals surface area contributed by atoms with Gasteiger partial charge in [0.2, 0.25) is 0 Å². The zero-order valence-corrected chi connectivity index (χ0v) is 13.5. The Hall–Kier alpha value is -2.73. The zero-order chi connectivity index (χ0) is 16.5. The fourth-order valence-electron chi connectivity index (χ4n) is 3.08. The van der Waals surface area contributed by atoms with Gasteiger partial charge in [-0.25, -0.2) is 4.98 Å². The Balaban J connectivity index is 1.61. The number of aromatic nitrogens is 3. The van der Waals surface area contributed by atoms with Gasteiger partial charge in [0.05, 0.1) is 17.7 Å². The molecule has 0 bridgehead atoms. The molecule has 3 aromatic heterocycles. The van der Waals surface area contributed by atoms with Crippen LogP contribution in [-0.4, -0.2) is 26.4 Å². The maximum Gasteiger partial charge on any atom is 0.254 e. The summed E-state index contributed by atoms with van der Waals surface area (Å²) in [6, 6.07) is 9.62. The Morgan fingerprint density at radius 3 is 2.96 bits per heavy atom.